The van der Waals surface area contributed by atoms with Gasteiger partial charge in [-0.15, -0.1) is 0 Å². The van der Waals surface area contributed by atoms with E-state index >= 15 is 0 Å². The van der Waals surface area contributed by atoms with E-state index in [-0.39, 0.29) is 0 Å². The summed E-state index contributed by atoms with van der Waals surface area (Å²) in [7, 11) is 0. The average molecular weight is 219 g/mol. The first-order valence-electron chi connectivity index (χ1n) is 6.61. The second-order valence-electron chi connectivity index (χ2n) is 5.32. The van der Waals surface area contributed by atoms with Crippen molar-refractivity contribution in [1.29, 1.82) is 0 Å². The topological polar surface area (TPSA) is 40.7 Å². The van der Waals surface area contributed by atoms with Crippen molar-refractivity contribution in [1.82, 2.24) is 15.3 Å². The van der Waals surface area contributed by atoms with Crippen LogP contribution in [-0.2, 0) is 6.42 Å². The molecule has 3 rings (SSSR count). The molecule has 1 unspecified atom stereocenters. The molecule has 2 fully saturated rings. The molecule has 0 amide bonds. The molecular formula is C13H21N3. The van der Waals surface area contributed by atoms with Crippen molar-refractivity contribution >= 4 is 0 Å². The van der Waals surface area contributed by atoms with Crippen LogP contribution in [0.5, 0.6) is 0 Å². The molecule has 2 N–H and O–H groups in total. The number of imidazole rings is 1. The SMILES string of the molecule is Cc1[nH]c(C2CC2)nc1CC1CCCCN1. The predicted molar refractivity (Wildman–Crippen MR) is 64.6 cm³/mol. The molecule has 0 spiro atoms. The lowest BCUT2D eigenvalue weighted by molar-refractivity contribution is 0.397. The third-order valence-electron chi connectivity index (χ3n) is 3.82. The first-order valence-corrected chi connectivity index (χ1v) is 6.61. The molecule has 3 heteroatoms. The van der Waals surface area contributed by atoms with Gasteiger partial charge in [0.15, 0.2) is 0 Å². The number of hydrogen-bond donors (Lipinski definition) is 2. The lowest BCUT2D eigenvalue weighted by atomic mass is 10.00. The number of piperidine rings is 1. The van der Waals surface area contributed by atoms with E-state index in [0.717, 1.165) is 12.3 Å². The van der Waals surface area contributed by atoms with Gasteiger partial charge >= 0.3 is 0 Å². The third kappa shape index (κ3) is 2.14. The van der Waals surface area contributed by atoms with Gasteiger partial charge in [-0.25, -0.2) is 4.98 Å². The molecule has 1 saturated carbocycles. The molecule has 0 aromatic carbocycles. The van der Waals surface area contributed by atoms with Gasteiger partial charge in [-0.1, -0.05) is 6.42 Å². The number of aromatic nitrogens is 2. The summed E-state index contributed by atoms with van der Waals surface area (Å²) in [5.41, 5.74) is 2.58. The van der Waals surface area contributed by atoms with Crippen LogP contribution in [0.2, 0.25) is 0 Å². The molecule has 1 aliphatic carbocycles. The van der Waals surface area contributed by atoms with E-state index in [9.17, 15) is 0 Å². The van der Waals surface area contributed by atoms with Crippen LogP contribution in [-0.4, -0.2) is 22.6 Å². The highest BCUT2D eigenvalue weighted by Gasteiger charge is 2.27. The van der Waals surface area contributed by atoms with Gasteiger partial charge in [-0.3, -0.25) is 0 Å². The summed E-state index contributed by atoms with van der Waals surface area (Å²) in [6.45, 7) is 3.35. The highest BCUT2D eigenvalue weighted by Crippen LogP contribution is 2.38. The largest absolute Gasteiger partial charge is 0.346 e. The molecule has 1 saturated heterocycles. The van der Waals surface area contributed by atoms with E-state index in [1.165, 1.54) is 55.9 Å². The van der Waals surface area contributed by atoms with Crippen LogP contribution >= 0.6 is 0 Å². The summed E-state index contributed by atoms with van der Waals surface area (Å²) in [6, 6.07) is 0.655. The zero-order chi connectivity index (χ0) is 11.0. The van der Waals surface area contributed by atoms with E-state index in [1.807, 2.05) is 0 Å². The number of aryl methyl sites for hydroxylation is 1. The Balaban J connectivity index is 1.68. The molecule has 1 atom stereocenters. The van der Waals surface area contributed by atoms with E-state index in [0.29, 0.717) is 6.04 Å². The Labute approximate surface area is 97.0 Å². The minimum Gasteiger partial charge on any atom is -0.346 e. The quantitative estimate of drug-likeness (QED) is 0.819. The molecule has 0 bridgehead atoms. The zero-order valence-electron chi connectivity index (χ0n) is 10.1. The summed E-state index contributed by atoms with van der Waals surface area (Å²) < 4.78 is 0. The van der Waals surface area contributed by atoms with Crippen molar-refractivity contribution in [3.8, 4) is 0 Å². The molecule has 1 aliphatic heterocycles. The minimum atomic E-state index is 0.655. The highest BCUT2D eigenvalue weighted by atomic mass is 15.0. The fourth-order valence-electron chi connectivity index (χ4n) is 2.60. The van der Waals surface area contributed by atoms with Gasteiger partial charge in [0.25, 0.3) is 0 Å². The second kappa shape index (κ2) is 4.21. The zero-order valence-corrected chi connectivity index (χ0v) is 10.1. The normalized spacial score (nSPS) is 25.9. The van der Waals surface area contributed by atoms with Gasteiger partial charge in [0, 0.05) is 24.1 Å². The number of H-pyrrole nitrogens is 1. The summed E-state index contributed by atoms with van der Waals surface area (Å²) in [5, 5.41) is 3.60. The van der Waals surface area contributed by atoms with E-state index in [4.69, 9.17) is 4.98 Å². The monoisotopic (exact) mass is 219 g/mol. The van der Waals surface area contributed by atoms with E-state index in [2.05, 4.69) is 17.2 Å². The Kier molecular flexibility index (Phi) is 2.72. The number of nitrogens with one attached hydrogen (secondary N) is 2. The number of nitrogens with zero attached hydrogens (tertiary/aromatic N) is 1. The van der Waals surface area contributed by atoms with Crippen molar-refractivity contribution < 1.29 is 0 Å². The van der Waals surface area contributed by atoms with Crippen LogP contribution in [0.1, 0.15) is 55.2 Å². The van der Waals surface area contributed by atoms with Gasteiger partial charge in [0.2, 0.25) is 0 Å². The maximum Gasteiger partial charge on any atom is 0.109 e. The van der Waals surface area contributed by atoms with Crippen molar-refractivity contribution in [2.24, 2.45) is 0 Å². The first kappa shape index (κ1) is 10.3. The summed E-state index contributed by atoms with van der Waals surface area (Å²) in [4.78, 5) is 8.23. The van der Waals surface area contributed by atoms with Crippen LogP contribution in [0.4, 0.5) is 0 Å². The molecule has 1 aromatic rings. The average Bonchev–Trinajstić information content (AvgIpc) is 3.07. The molecule has 88 valence electrons. The molecule has 1 aromatic heterocycles. The Bertz CT molecular complexity index is 359. The summed E-state index contributed by atoms with van der Waals surface area (Å²) >= 11 is 0. The standard InChI is InChI=1S/C13H21N3/c1-9-12(8-11-4-2-3-7-14-11)16-13(15-9)10-5-6-10/h10-11,14H,2-8H2,1H3,(H,15,16). The molecule has 3 nitrogen and oxygen atoms in total. The Morgan fingerprint density at radius 1 is 1.25 bits per heavy atom. The van der Waals surface area contributed by atoms with Gasteiger partial charge in [0.05, 0.1) is 5.69 Å². The van der Waals surface area contributed by atoms with Crippen LogP contribution in [0, 0.1) is 6.92 Å². The molecular weight excluding hydrogens is 198 g/mol. The fourth-order valence-corrected chi connectivity index (χ4v) is 2.60. The summed E-state index contributed by atoms with van der Waals surface area (Å²) in [5.74, 6) is 1.98. The second-order valence-corrected chi connectivity index (χ2v) is 5.32. The van der Waals surface area contributed by atoms with Crippen LogP contribution in [0.15, 0.2) is 0 Å². The lowest BCUT2D eigenvalue weighted by Gasteiger charge is -2.22. The van der Waals surface area contributed by atoms with Crippen LogP contribution in [0.3, 0.4) is 0 Å². The predicted octanol–water partition coefficient (Wildman–Crippen LogP) is 2.28. The lowest BCUT2D eigenvalue weighted by Crippen LogP contribution is -2.35. The van der Waals surface area contributed by atoms with Gasteiger partial charge in [-0.05, 0) is 39.2 Å². The maximum atomic E-state index is 4.77. The molecule has 16 heavy (non-hydrogen) atoms. The Hall–Kier alpha value is -0.830. The molecule has 2 heterocycles. The summed E-state index contributed by atoms with van der Waals surface area (Å²) in [6.07, 6.45) is 7.78. The third-order valence-corrected chi connectivity index (χ3v) is 3.82. The van der Waals surface area contributed by atoms with Crippen LogP contribution in [0.25, 0.3) is 0 Å². The van der Waals surface area contributed by atoms with Crippen molar-refractivity contribution in [3.63, 3.8) is 0 Å². The molecule has 0 radical (unpaired) electrons. The fraction of sp³-hybridized carbons (Fsp3) is 0.769. The number of hydrogen-bond acceptors (Lipinski definition) is 2. The van der Waals surface area contributed by atoms with E-state index in [1.54, 1.807) is 0 Å². The van der Waals surface area contributed by atoms with E-state index < -0.39 is 0 Å². The van der Waals surface area contributed by atoms with Gasteiger partial charge < -0.3 is 10.3 Å². The molecule has 2 aliphatic rings. The van der Waals surface area contributed by atoms with Crippen molar-refractivity contribution in [2.45, 2.75) is 57.4 Å². The smallest absolute Gasteiger partial charge is 0.109 e. The number of aromatic amines is 1. The van der Waals surface area contributed by atoms with Crippen molar-refractivity contribution in [3.05, 3.63) is 17.2 Å². The highest BCUT2D eigenvalue weighted by molar-refractivity contribution is 5.19. The van der Waals surface area contributed by atoms with Crippen molar-refractivity contribution in [2.75, 3.05) is 6.54 Å². The minimum absolute atomic E-state index is 0.655. The Morgan fingerprint density at radius 3 is 2.81 bits per heavy atom. The van der Waals surface area contributed by atoms with Gasteiger partial charge in [-0.2, -0.15) is 0 Å². The maximum absolute atomic E-state index is 4.77. The van der Waals surface area contributed by atoms with Gasteiger partial charge in [0.1, 0.15) is 5.82 Å². The number of rotatable bonds is 3. The first-order chi connectivity index (χ1) is 7.83. The Morgan fingerprint density at radius 2 is 2.12 bits per heavy atom. The van der Waals surface area contributed by atoms with Crippen LogP contribution < -0.4 is 5.32 Å².